The van der Waals surface area contributed by atoms with Gasteiger partial charge in [0.05, 0.1) is 17.8 Å². The summed E-state index contributed by atoms with van der Waals surface area (Å²) in [5.41, 5.74) is 4.74. The van der Waals surface area contributed by atoms with E-state index in [-0.39, 0.29) is 29.7 Å². The Hall–Kier alpha value is -5.04. The van der Waals surface area contributed by atoms with Gasteiger partial charge < -0.3 is 24.6 Å². The fourth-order valence-corrected chi connectivity index (χ4v) is 8.63. The smallest absolute Gasteiger partial charge is 0.270 e. The van der Waals surface area contributed by atoms with Crippen LogP contribution in [0.4, 0.5) is 23.1 Å². The van der Waals surface area contributed by atoms with E-state index in [9.17, 15) is 14.4 Å². The fourth-order valence-electron chi connectivity index (χ4n) is 8.63. The fraction of sp³-hybridized carbons (Fsp3) is 0.500. The Morgan fingerprint density at radius 1 is 0.868 bits per heavy atom. The van der Waals surface area contributed by atoms with Crippen LogP contribution in [0, 0.1) is 5.92 Å². The molecular formula is C40H50N10O3. The number of pyridine rings is 1. The number of rotatable bonds is 9. The number of hydrogen-bond donors (Lipinski definition) is 2. The van der Waals surface area contributed by atoms with Gasteiger partial charge in [-0.2, -0.15) is 4.98 Å². The topological polar surface area (TPSA) is 132 Å². The van der Waals surface area contributed by atoms with Gasteiger partial charge in [-0.3, -0.25) is 24.6 Å². The van der Waals surface area contributed by atoms with Crippen molar-refractivity contribution in [3.63, 3.8) is 0 Å². The first-order chi connectivity index (χ1) is 25.8. The molecule has 0 bridgehead atoms. The number of nitrogens with one attached hydrogen (secondary N) is 2. The number of hydrogen-bond acceptors (Lipinski definition) is 10. The van der Waals surface area contributed by atoms with E-state index in [2.05, 4.69) is 53.1 Å². The molecule has 278 valence electrons. The first kappa shape index (κ1) is 35.0. The zero-order valence-electron chi connectivity index (χ0n) is 30.8. The minimum atomic E-state index is -0.253. The van der Waals surface area contributed by atoms with Crippen LogP contribution in [0.3, 0.4) is 0 Å². The molecule has 6 heterocycles. The Balaban J connectivity index is 0.826. The maximum Gasteiger partial charge on any atom is 0.270 e. The quantitative estimate of drug-likeness (QED) is 0.230. The molecule has 1 aromatic carbocycles. The number of nitrogens with zero attached hydrogens (tertiary/aromatic N) is 8. The van der Waals surface area contributed by atoms with E-state index in [1.165, 1.54) is 0 Å². The number of piperidine rings is 2. The maximum atomic E-state index is 13.1. The summed E-state index contributed by atoms with van der Waals surface area (Å²) in [7, 11) is 3.57. The number of fused-ring (bicyclic) bond motifs is 1. The molecule has 4 aromatic rings. The molecule has 3 saturated heterocycles. The molecule has 0 spiro atoms. The first-order valence-electron chi connectivity index (χ1n) is 19.3. The summed E-state index contributed by atoms with van der Waals surface area (Å²) in [5.74, 6) is 1.21. The molecule has 3 aliphatic heterocycles. The average Bonchev–Trinajstić information content (AvgIpc) is 3.84. The van der Waals surface area contributed by atoms with E-state index in [1.807, 2.05) is 30.5 Å². The van der Waals surface area contributed by atoms with Gasteiger partial charge in [-0.1, -0.05) is 25.0 Å². The minimum absolute atomic E-state index is 0.0166. The number of carbonyl (C=O) groups excluding carboxylic acids is 3. The van der Waals surface area contributed by atoms with Crippen molar-refractivity contribution in [1.29, 1.82) is 0 Å². The van der Waals surface area contributed by atoms with Gasteiger partial charge >= 0.3 is 0 Å². The molecule has 1 saturated carbocycles. The summed E-state index contributed by atoms with van der Waals surface area (Å²) < 4.78 is 2.13. The third kappa shape index (κ3) is 7.57. The van der Waals surface area contributed by atoms with Gasteiger partial charge in [-0.05, 0) is 73.9 Å². The van der Waals surface area contributed by atoms with Crippen molar-refractivity contribution in [2.24, 2.45) is 5.92 Å². The van der Waals surface area contributed by atoms with Gasteiger partial charge in [-0.15, -0.1) is 0 Å². The normalized spacial score (nSPS) is 20.6. The Morgan fingerprint density at radius 3 is 2.36 bits per heavy atom. The minimum Gasteiger partial charge on any atom is -0.370 e. The third-order valence-electron chi connectivity index (χ3n) is 11.6. The second-order valence-electron chi connectivity index (χ2n) is 15.4. The summed E-state index contributed by atoms with van der Waals surface area (Å²) >= 11 is 0. The molecule has 13 nitrogen and oxygen atoms in total. The highest BCUT2D eigenvalue weighted by molar-refractivity contribution is 6.01. The molecule has 13 heteroatoms. The molecule has 3 amide bonds. The number of piperazine rings is 1. The van der Waals surface area contributed by atoms with E-state index in [0.717, 1.165) is 112 Å². The molecule has 3 aromatic heterocycles. The summed E-state index contributed by atoms with van der Waals surface area (Å²) in [6, 6.07) is 14.6. The van der Waals surface area contributed by atoms with E-state index in [1.54, 1.807) is 25.2 Å². The average molecular weight is 719 g/mol. The molecule has 1 unspecified atom stereocenters. The Labute approximate surface area is 310 Å². The van der Waals surface area contributed by atoms with E-state index in [4.69, 9.17) is 9.97 Å². The van der Waals surface area contributed by atoms with Crippen LogP contribution in [-0.4, -0.2) is 107 Å². The van der Waals surface area contributed by atoms with Gasteiger partial charge in [0.15, 0.2) is 0 Å². The second-order valence-corrected chi connectivity index (χ2v) is 15.4. The summed E-state index contributed by atoms with van der Waals surface area (Å²) in [5, 5.41) is 6.66. The van der Waals surface area contributed by atoms with Crippen LogP contribution in [0.15, 0.2) is 54.9 Å². The van der Waals surface area contributed by atoms with E-state index in [0.29, 0.717) is 36.2 Å². The van der Waals surface area contributed by atoms with Crippen LogP contribution in [0.25, 0.3) is 11.0 Å². The number of anilines is 4. The van der Waals surface area contributed by atoms with Crippen LogP contribution in [0.5, 0.6) is 0 Å². The monoisotopic (exact) mass is 718 g/mol. The van der Waals surface area contributed by atoms with Gasteiger partial charge in [-0.25, -0.2) is 9.97 Å². The number of amides is 3. The molecule has 4 aliphatic rings. The number of imide groups is 1. The molecular weight excluding hydrogens is 669 g/mol. The molecule has 1 atom stereocenters. The van der Waals surface area contributed by atoms with Crippen LogP contribution in [0.1, 0.15) is 79.4 Å². The third-order valence-corrected chi connectivity index (χ3v) is 11.6. The number of aromatic nitrogens is 4. The number of carbonyl (C=O) groups is 3. The standard InChI is InChI=1S/C40H50N10O3/c1-46(2)39(53)34-23-29-24-42-40(45-37(29)50(34)30-7-3-4-8-30)43-35-12-10-32(25-41-35)48-16-14-27(15-17-48)26-47-18-20-49(21-19-47)31-9-5-6-28(22-31)33-11-13-36(51)44-38(33)52/h5-6,9-10,12,22-25,27,30,33H,3-4,7-8,11,13-21,26H2,1-2H3,(H,44,51,52)(H,41,42,43,45). The Morgan fingerprint density at radius 2 is 1.64 bits per heavy atom. The van der Waals surface area contributed by atoms with Crippen molar-refractivity contribution in [2.45, 2.75) is 63.3 Å². The molecule has 4 fully saturated rings. The van der Waals surface area contributed by atoms with Crippen molar-refractivity contribution >= 4 is 51.9 Å². The lowest BCUT2D eigenvalue weighted by molar-refractivity contribution is -0.134. The molecule has 1 aliphatic carbocycles. The summed E-state index contributed by atoms with van der Waals surface area (Å²) in [6.45, 7) is 7.13. The van der Waals surface area contributed by atoms with Crippen LogP contribution in [-0.2, 0) is 9.59 Å². The predicted octanol–water partition coefficient (Wildman–Crippen LogP) is 4.95. The lowest BCUT2D eigenvalue weighted by Gasteiger charge is -2.40. The lowest BCUT2D eigenvalue weighted by Crippen LogP contribution is -2.49. The van der Waals surface area contributed by atoms with Crippen molar-refractivity contribution in [1.82, 2.24) is 34.6 Å². The number of benzene rings is 1. The SMILES string of the molecule is CN(C)C(=O)c1cc2cnc(Nc3ccc(N4CCC(CN5CCN(c6cccc(C7CCC(=O)NC7=O)c6)CC5)CC4)cn3)nc2n1C1CCCC1. The largest absolute Gasteiger partial charge is 0.370 e. The summed E-state index contributed by atoms with van der Waals surface area (Å²) in [6.07, 6.45) is 11.4. The molecule has 8 rings (SSSR count). The lowest BCUT2D eigenvalue weighted by atomic mass is 9.90. The Bertz CT molecular complexity index is 1950. The molecule has 2 N–H and O–H groups in total. The molecule has 0 radical (unpaired) electrons. The second kappa shape index (κ2) is 15.1. The molecule has 53 heavy (non-hydrogen) atoms. The zero-order chi connectivity index (χ0) is 36.5. The van der Waals surface area contributed by atoms with Crippen LogP contribution < -0.4 is 20.4 Å². The van der Waals surface area contributed by atoms with Gasteiger partial charge in [0.2, 0.25) is 17.8 Å². The van der Waals surface area contributed by atoms with Gasteiger partial charge in [0.1, 0.15) is 17.2 Å². The van der Waals surface area contributed by atoms with E-state index < -0.39 is 0 Å². The van der Waals surface area contributed by atoms with Gasteiger partial charge in [0.25, 0.3) is 5.91 Å². The van der Waals surface area contributed by atoms with Crippen molar-refractivity contribution in [2.75, 3.05) is 75.0 Å². The van der Waals surface area contributed by atoms with Crippen molar-refractivity contribution in [3.8, 4) is 0 Å². The Kier molecular flexibility index (Phi) is 10.00. The van der Waals surface area contributed by atoms with Crippen molar-refractivity contribution < 1.29 is 14.4 Å². The van der Waals surface area contributed by atoms with Crippen LogP contribution >= 0.6 is 0 Å². The predicted molar refractivity (Wildman–Crippen MR) is 206 cm³/mol. The highest BCUT2D eigenvalue weighted by atomic mass is 16.2. The first-order valence-corrected chi connectivity index (χ1v) is 19.3. The highest BCUT2D eigenvalue weighted by Gasteiger charge is 2.30. The van der Waals surface area contributed by atoms with Gasteiger partial charge in [0, 0.05) is 89.6 Å². The highest BCUT2D eigenvalue weighted by Crippen LogP contribution is 2.35. The van der Waals surface area contributed by atoms with Crippen molar-refractivity contribution in [3.05, 3.63) is 66.1 Å². The zero-order valence-corrected chi connectivity index (χ0v) is 30.8. The van der Waals surface area contributed by atoms with Crippen LogP contribution in [0.2, 0.25) is 0 Å². The maximum absolute atomic E-state index is 13.1. The summed E-state index contributed by atoms with van der Waals surface area (Å²) in [4.78, 5) is 60.3. The van der Waals surface area contributed by atoms with E-state index >= 15 is 0 Å².